The van der Waals surface area contributed by atoms with Crippen molar-refractivity contribution in [2.75, 3.05) is 12.0 Å². The van der Waals surface area contributed by atoms with Gasteiger partial charge in [-0.25, -0.2) is 0 Å². The predicted octanol–water partition coefficient (Wildman–Crippen LogP) is 5.35. The molecule has 1 heterocycles. The van der Waals surface area contributed by atoms with Gasteiger partial charge in [0.05, 0.1) is 24.3 Å². The SMILES string of the molecule is COc1ccc(/C(O)=C2/C(=O)C(=O)N(c3ccc(C(F)(F)F)cc3)C2c2cccc(O)c2)c(C)c1. The number of phenols is 1. The molecule has 1 amide bonds. The second-order valence-corrected chi connectivity index (χ2v) is 7.99. The first kappa shape index (κ1) is 23.9. The van der Waals surface area contributed by atoms with Crippen LogP contribution in [0.5, 0.6) is 11.5 Å². The molecule has 1 saturated heterocycles. The van der Waals surface area contributed by atoms with Crippen molar-refractivity contribution in [1.82, 2.24) is 0 Å². The lowest BCUT2D eigenvalue weighted by molar-refractivity contribution is -0.137. The van der Waals surface area contributed by atoms with Gasteiger partial charge in [-0.2, -0.15) is 13.2 Å². The number of ketones is 1. The summed E-state index contributed by atoms with van der Waals surface area (Å²) in [6.45, 7) is 1.69. The highest BCUT2D eigenvalue weighted by atomic mass is 19.4. The maximum absolute atomic E-state index is 13.2. The molecule has 0 aliphatic carbocycles. The van der Waals surface area contributed by atoms with Gasteiger partial charge in [0.15, 0.2) is 0 Å². The maximum atomic E-state index is 13.2. The summed E-state index contributed by atoms with van der Waals surface area (Å²) in [6, 6.07) is 13.1. The van der Waals surface area contributed by atoms with Crippen LogP contribution >= 0.6 is 0 Å². The summed E-state index contributed by atoms with van der Waals surface area (Å²) >= 11 is 0. The first-order valence-corrected chi connectivity index (χ1v) is 10.4. The van der Waals surface area contributed by atoms with Crippen molar-refractivity contribution in [3.63, 3.8) is 0 Å². The number of aliphatic hydroxyl groups is 1. The molecule has 2 N–H and O–H groups in total. The van der Waals surface area contributed by atoms with Crippen molar-refractivity contribution in [1.29, 1.82) is 0 Å². The number of hydrogen-bond acceptors (Lipinski definition) is 5. The van der Waals surface area contributed by atoms with Crippen LogP contribution in [0, 0.1) is 6.92 Å². The Morgan fingerprint density at radius 3 is 2.26 bits per heavy atom. The molecule has 4 rings (SSSR count). The third kappa shape index (κ3) is 4.32. The molecule has 0 aromatic heterocycles. The van der Waals surface area contributed by atoms with Crippen molar-refractivity contribution in [2.24, 2.45) is 0 Å². The second kappa shape index (κ2) is 8.83. The van der Waals surface area contributed by atoms with Gasteiger partial charge in [0.2, 0.25) is 0 Å². The Morgan fingerprint density at radius 1 is 1.00 bits per heavy atom. The Morgan fingerprint density at radius 2 is 1.69 bits per heavy atom. The number of carbonyl (C=O) groups is 2. The lowest BCUT2D eigenvalue weighted by atomic mass is 9.93. The van der Waals surface area contributed by atoms with Gasteiger partial charge in [-0.3, -0.25) is 14.5 Å². The number of aryl methyl sites for hydroxylation is 1. The predicted molar refractivity (Wildman–Crippen MR) is 122 cm³/mol. The molecule has 6 nitrogen and oxygen atoms in total. The first-order chi connectivity index (χ1) is 16.5. The van der Waals surface area contributed by atoms with Crippen LogP contribution in [0.4, 0.5) is 18.9 Å². The summed E-state index contributed by atoms with van der Waals surface area (Å²) in [5.41, 5.74) is -0.0104. The monoisotopic (exact) mass is 483 g/mol. The molecule has 1 unspecified atom stereocenters. The number of hydrogen-bond donors (Lipinski definition) is 2. The molecule has 1 aliphatic rings. The Hall–Kier alpha value is -4.27. The quantitative estimate of drug-likeness (QED) is 0.297. The molecule has 0 radical (unpaired) electrons. The van der Waals surface area contributed by atoms with Gasteiger partial charge in [-0.1, -0.05) is 12.1 Å². The van der Waals surface area contributed by atoms with Gasteiger partial charge in [-0.05, 0) is 72.6 Å². The molecule has 1 fully saturated rings. The average molecular weight is 483 g/mol. The summed E-state index contributed by atoms with van der Waals surface area (Å²) in [7, 11) is 1.48. The van der Waals surface area contributed by atoms with Crippen molar-refractivity contribution < 1.29 is 37.7 Å². The van der Waals surface area contributed by atoms with Crippen molar-refractivity contribution >= 4 is 23.1 Å². The number of aromatic hydroxyl groups is 1. The van der Waals surface area contributed by atoms with Crippen LogP contribution in [-0.2, 0) is 15.8 Å². The standard InChI is InChI=1S/C26H20F3NO5/c1-14-12-19(35-2)10-11-20(14)23(32)21-22(15-4-3-5-18(31)13-15)30(25(34)24(21)33)17-8-6-16(7-9-17)26(27,28)29/h3-13,22,31-32H,1-2H3/b23-21-. The number of phenolic OH excluding ortho intramolecular Hbond substituents is 1. The summed E-state index contributed by atoms with van der Waals surface area (Å²) in [6.07, 6.45) is -4.58. The second-order valence-electron chi connectivity index (χ2n) is 7.99. The lowest BCUT2D eigenvalue weighted by Crippen LogP contribution is -2.29. The van der Waals surface area contributed by atoms with Crippen molar-refractivity contribution in [3.8, 4) is 11.5 Å². The number of ether oxygens (including phenoxy) is 1. The molecule has 35 heavy (non-hydrogen) atoms. The summed E-state index contributed by atoms with van der Waals surface area (Å²) in [4.78, 5) is 27.3. The Balaban J connectivity index is 1.92. The Labute approximate surface area is 198 Å². The normalized spacial score (nSPS) is 17.6. The minimum absolute atomic E-state index is 0.0268. The van der Waals surface area contributed by atoms with Crippen LogP contribution in [0.15, 0.2) is 72.3 Å². The molecule has 180 valence electrons. The van der Waals surface area contributed by atoms with Gasteiger partial charge in [-0.15, -0.1) is 0 Å². The van der Waals surface area contributed by atoms with E-state index in [9.17, 15) is 33.0 Å². The van der Waals surface area contributed by atoms with Crippen molar-refractivity contribution in [3.05, 3.63) is 94.6 Å². The zero-order valence-corrected chi connectivity index (χ0v) is 18.6. The molecule has 0 bridgehead atoms. The number of aliphatic hydroxyl groups excluding tert-OH is 1. The number of rotatable bonds is 4. The zero-order chi connectivity index (χ0) is 25.5. The number of nitrogens with zero attached hydrogens (tertiary/aromatic N) is 1. The van der Waals surface area contributed by atoms with Gasteiger partial charge in [0, 0.05) is 11.3 Å². The largest absolute Gasteiger partial charge is 0.508 e. The fourth-order valence-electron chi connectivity index (χ4n) is 4.09. The molecule has 3 aromatic rings. The molecule has 0 saturated carbocycles. The molecule has 1 atom stereocenters. The van der Waals surface area contributed by atoms with E-state index >= 15 is 0 Å². The smallest absolute Gasteiger partial charge is 0.416 e. The number of Topliss-reactive ketones (excluding diaryl/α,β-unsaturated/α-hetero) is 1. The van der Waals surface area contributed by atoms with E-state index in [1.165, 1.54) is 31.4 Å². The number of anilines is 1. The van der Waals surface area contributed by atoms with Gasteiger partial charge < -0.3 is 14.9 Å². The summed E-state index contributed by atoms with van der Waals surface area (Å²) < 4.78 is 44.3. The molecule has 9 heteroatoms. The third-order valence-electron chi connectivity index (χ3n) is 5.79. The molecular weight excluding hydrogens is 463 g/mol. The number of methoxy groups -OCH3 is 1. The zero-order valence-electron chi connectivity index (χ0n) is 18.6. The van der Waals surface area contributed by atoms with Crippen LogP contribution in [0.1, 0.15) is 28.3 Å². The number of halogens is 3. The number of benzene rings is 3. The highest BCUT2D eigenvalue weighted by Crippen LogP contribution is 2.43. The number of carbonyl (C=O) groups excluding carboxylic acids is 2. The number of amides is 1. The Kier molecular flexibility index (Phi) is 6.02. The van der Waals surface area contributed by atoms with Gasteiger partial charge in [0.1, 0.15) is 17.3 Å². The first-order valence-electron chi connectivity index (χ1n) is 10.4. The lowest BCUT2D eigenvalue weighted by Gasteiger charge is -2.26. The topological polar surface area (TPSA) is 87.1 Å². The minimum atomic E-state index is -4.58. The van der Waals surface area contributed by atoms with Gasteiger partial charge in [0.25, 0.3) is 11.7 Å². The molecule has 3 aromatic carbocycles. The molecular formula is C26H20F3NO5. The van der Waals surface area contributed by atoms with E-state index in [1.807, 2.05) is 0 Å². The van der Waals surface area contributed by atoms with Gasteiger partial charge >= 0.3 is 6.18 Å². The summed E-state index contributed by atoms with van der Waals surface area (Å²) in [5.74, 6) is -2.11. The van der Waals surface area contributed by atoms with Crippen LogP contribution in [0.25, 0.3) is 5.76 Å². The Bertz CT molecular complexity index is 1350. The number of alkyl halides is 3. The van der Waals surface area contributed by atoms with Crippen molar-refractivity contribution in [2.45, 2.75) is 19.1 Å². The van der Waals surface area contributed by atoms with E-state index in [1.54, 1.807) is 25.1 Å². The van der Waals surface area contributed by atoms with Crippen LogP contribution in [0.3, 0.4) is 0 Å². The van der Waals surface area contributed by atoms with E-state index < -0.39 is 35.2 Å². The summed E-state index contributed by atoms with van der Waals surface area (Å²) in [5, 5.41) is 21.2. The van der Waals surface area contributed by atoms with Crippen LogP contribution in [-0.4, -0.2) is 29.0 Å². The van der Waals surface area contributed by atoms with E-state index in [4.69, 9.17) is 4.74 Å². The molecule has 0 spiro atoms. The maximum Gasteiger partial charge on any atom is 0.416 e. The highest BCUT2D eigenvalue weighted by molar-refractivity contribution is 6.51. The fourth-order valence-corrected chi connectivity index (χ4v) is 4.09. The van der Waals surface area contributed by atoms with Crippen LogP contribution < -0.4 is 9.64 Å². The fraction of sp³-hybridized carbons (Fsp3) is 0.154. The van der Waals surface area contributed by atoms with E-state index in [0.29, 0.717) is 11.3 Å². The van der Waals surface area contributed by atoms with Crippen LogP contribution in [0.2, 0.25) is 0 Å². The average Bonchev–Trinajstić information content (AvgIpc) is 3.08. The third-order valence-corrected chi connectivity index (χ3v) is 5.79. The minimum Gasteiger partial charge on any atom is -0.508 e. The van der Waals surface area contributed by atoms with E-state index in [2.05, 4.69) is 0 Å². The van der Waals surface area contributed by atoms with E-state index in [0.717, 1.165) is 29.2 Å². The highest BCUT2D eigenvalue weighted by Gasteiger charge is 2.47. The van der Waals surface area contributed by atoms with E-state index in [-0.39, 0.29) is 28.1 Å². The molecule has 1 aliphatic heterocycles.